The van der Waals surface area contributed by atoms with E-state index >= 15 is 0 Å². The molecule has 3 aliphatic rings. The summed E-state index contributed by atoms with van der Waals surface area (Å²) in [5.41, 5.74) is 3.61. The Kier molecular flexibility index (Phi) is 7.62. The van der Waals surface area contributed by atoms with Crippen LogP contribution in [-0.4, -0.2) is 79.2 Å². The van der Waals surface area contributed by atoms with Crippen molar-refractivity contribution in [3.8, 4) is 12.1 Å². The molecule has 2 fully saturated rings. The van der Waals surface area contributed by atoms with Crippen LogP contribution in [0.5, 0.6) is 0 Å². The summed E-state index contributed by atoms with van der Waals surface area (Å²) < 4.78 is 25.9. The Morgan fingerprint density at radius 1 is 1.21 bits per heavy atom. The molecule has 4 rings (SSSR count). The predicted molar refractivity (Wildman–Crippen MR) is 138 cm³/mol. The summed E-state index contributed by atoms with van der Waals surface area (Å²) in [6.45, 7) is 0.830. The van der Waals surface area contributed by atoms with Crippen LogP contribution in [0.3, 0.4) is 0 Å². The van der Waals surface area contributed by atoms with Gasteiger partial charge in [0.25, 0.3) is 5.91 Å². The molecule has 0 aromatic heterocycles. The summed E-state index contributed by atoms with van der Waals surface area (Å²) in [6.07, 6.45) is 4.57. The highest BCUT2D eigenvalue weighted by Crippen LogP contribution is 2.40. The number of hydrazine groups is 1. The van der Waals surface area contributed by atoms with E-state index in [9.17, 15) is 23.3 Å². The van der Waals surface area contributed by atoms with E-state index in [0.29, 0.717) is 43.2 Å². The SMILES string of the molecule is CN(C)S(=O)(=O)c1ccc(N=C2NN(C3(CC#N)CCN(C(=O)CCC#N)CC3)C3=CC=NC(=O)C32)cc1. The van der Waals surface area contributed by atoms with Crippen LogP contribution in [0.15, 0.2) is 50.9 Å². The van der Waals surface area contributed by atoms with Gasteiger partial charge in [-0.05, 0) is 43.2 Å². The van der Waals surface area contributed by atoms with Crippen molar-refractivity contribution in [2.45, 2.75) is 42.5 Å². The number of nitrogens with zero attached hydrogens (tertiary/aromatic N) is 7. The van der Waals surface area contributed by atoms with E-state index in [0.717, 1.165) is 4.31 Å². The molecule has 0 radical (unpaired) electrons. The summed E-state index contributed by atoms with van der Waals surface area (Å²) in [5.74, 6) is -0.966. The topological polar surface area (TPSA) is 162 Å². The Labute approximate surface area is 221 Å². The third-order valence-corrected chi connectivity index (χ3v) is 8.82. The van der Waals surface area contributed by atoms with Gasteiger partial charge in [0, 0.05) is 46.2 Å². The number of likely N-dealkylation sites (tertiary alicyclic amines) is 1. The predicted octanol–water partition coefficient (Wildman–Crippen LogP) is 1.48. The molecule has 0 spiro atoms. The lowest BCUT2D eigenvalue weighted by atomic mass is 9.83. The van der Waals surface area contributed by atoms with Gasteiger partial charge in [0.2, 0.25) is 15.9 Å². The minimum absolute atomic E-state index is 0.0921. The Hall–Kier alpha value is -4.07. The number of piperidine rings is 1. The molecule has 2 saturated heterocycles. The lowest BCUT2D eigenvalue weighted by Gasteiger charge is -2.47. The number of hydrogen-bond donors (Lipinski definition) is 1. The number of fused-ring (bicyclic) bond motifs is 1. The van der Waals surface area contributed by atoms with Crippen molar-refractivity contribution in [1.29, 1.82) is 10.5 Å². The molecular weight excluding hydrogens is 508 g/mol. The molecular formula is C25H28N8O4S. The second kappa shape index (κ2) is 10.7. The number of nitrogens with one attached hydrogen (secondary N) is 1. The van der Waals surface area contributed by atoms with Crippen molar-refractivity contribution >= 4 is 39.6 Å². The molecule has 38 heavy (non-hydrogen) atoms. The number of allylic oxidation sites excluding steroid dienone is 1. The normalized spacial score (nSPS) is 21.5. The highest BCUT2D eigenvalue weighted by atomic mass is 32.2. The number of nitriles is 2. The molecule has 0 saturated carbocycles. The highest BCUT2D eigenvalue weighted by Gasteiger charge is 2.50. The van der Waals surface area contributed by atoms with E-state index in [2.05, 4.69) is 21.5 Å². The van der Waals surface area contributed by atoms with Crippen LogP contribution in [0, 0.1) is 28.6 Å². The molecule has 2 amide bonds. The van der Waals surface area contributed by atoms with Gasteiger partial charge in [-0.25, -0.2) is 22.7 Å². The fourth-order valence-corrected chi connectivity index (χ4v) is 5.73. The van der Waals surface area contributed by atoms with Gasteiger partial charge in [0.1, 0.15) is 11.8 Å². The van der Waals surface area contributed by atoms with E-state index in [1.807, 2.05) is 11.1 Å². The number of hydrogen-bond acceptors (Lipinski definition) is 8. The monoisotopic (exact) mass is 536 g/mol. The maximum Gasteiger partial charge on any atom is 0.262 e. The third kappa shape index (κ3) is 5.03. The number of dihydropyridines is 1. The molecule has 13 heteroatoms. The van der Waals surface area contributed by atoms with Crippen LogP contribution in [0.25, 0.3) is 0 Å². The van der Waals surface area contributed by atoms with E-state index in [1.54, 1.807) is 23.1 Å². The second-order valence-electron chi connectivity index (χ2n) is 9.46. The molecule has 3 heterocycles. The summed E-state index contributed by atoms with van der Waals surface area (Å²) >= 11 is 0. The van der Waals surface area contributed by atoms with Gasteiger partial charge < -0.3 is 4.90 Å². The number of sulfonamides is 1. The van der Waals surface area contributed by atoms with Crippen molar-refractivity contribution < 1.29 is 18.0 Å². The molecule has 0 aliphatic carbocycles. The van der Waals surface area contributed by atoms with Gasteiger partial charge in [-0.2, -0.15) is 10.5 Å². The van der Waals surface area contributed by atoms with Crippen LogP contribution in [-0.2, 0) is 19.6 Å². The van der Waals surface area contributed by atoms with E-state index in [-0.39, 0.29) is 30.1 Å². The Bertz CT molecular complexity index is 1390. The van der Waals surface area contributed by atoms with Gasteiger partial charge >= 0.3 is 0 Å². The van der Waals surface area contributed by atoms with Gasteiger partial charge in [-0.1, -0.05) is 0 Å². The number of carbonyl (C=O) groups excluding carboxylic acids is 2. The summed E-state index contributed by atoms with van der Waals surface area (Å²) in [6, 6.07) is 10.3. The van der Waals surface area contributed by atoms with Crippen LogP contribution in [0.2, 0.25) is 0 Å². The van der Waals surface area contributed by atoms with Gasteiger partial charge in [-0.15, -0.1) is 0 Å². The molecule has 198 valence electrons. The number of rotatable bonds is 7. The average molecular weight is 537 g/mol. The Balaban J connectivity index is 1.63. The Morgan fingerprint density at radius 3 is 2.50 bits per heavy atom. The van der Waals surface area contributed by atoms with Gasteiger partial charge in [-0.3, -0.25) is 20.0 Å². The minimum atomic E-state index is -3.60. The third-order valence-electron chi connectivity index (χ3n) is 6.99. The zero-order chi connectivity index (χ0) is 27.5. The zero-order valence-electron chi connectivity index (χ0n) is 21.2. The van der Waals surface area contributed by atoms with Gasteiger partial charge in [0.15, 0.2) is 0 Å². The maximum atomic E-state index is 12.9. The van der Waals surface area contributed by atoms with Gasteiger partial charge in [0.05, 0.1) is 40.4 Å². The van der Waals surface area contributed by atoms with Crippen molar-refractivity contribution in [3.05, 3.63) is 36.0 Å². The first kappa shape index (κ1) is 27.0. The lowest BCUT2D eigenvalue weighted by Crippen LogP contribution is -2.58. The molecule has 12 nitrogen and oxygen atoms in total. The van der Waals surface area contributed by atoms with E-state index < -0.39 is 27.4 Å². The fraction of sp³-hybridized carbons (Fsp3) is 0.440. The van der Waals surface area contributed by atoms with Crippen molar-refractivity contribution in [1.82, 2.24) is 19.6 Å². The molecule has 1 aromatic rings. The van der Waals surface area contributed by atoms with Crippen LogP contribution in [0.4, 0.5) is 5.69 Å². The standard InChI is InChI=1S/C25H28N8O4S/c1-31(2)38(36,37)19-7-5-18(6-8-19)29-23-22-20(9-15-28-24(22)35)33(30-23)25(10-14-27)11-16-32(17-12-25)21(34)4-3-13-26/h5-9,15,22H,3-4,10-12,16-17H2,1-2H3,(H,29,30). The number of benzene rings is 1. The summed E-state index contributed by atoms with van der Waals surface area (Å²) in [7, 11) is -0.695. The smallest absolute Gasteiger partial charge is 0.262 e. The number of amidine groups is 1. The van der Waals surface area contributed by atoms with E-state index in [1.165, 1.54) is 32.4 Å². The van der Waals surface area contributed by atoms with Crippen molar-refractivity contribution in [2.24, 2.45) is 15.9 Å². The number of carbonyl (C=O) groups is 2. The second-order valence-corrected chi connectivity index (χ2v) is 11.6. The molecule has 1 aromatic carbocycles. The lowest BCUT2D eigenvalue weighted by molar-refractivity contribution is -0.133. The van der Waals surface area contributed by atoms with Crippen molar-refractivity contribution in [3.63, 3.8) is 0 Å². The maximum absolute atomic E-state index is 12.9. The molecule has 1 N–H and O–H groups in total. The fourth-order valence-electron chi connectivity index (χ4n) is 4.83. The molecule has 3 aliphatic heterocycles. The largest absolute Gasteiger partial charge is 0.342 e. The molecule has 1 unspecified atom stereocenters. The molecule has 1 atom stereocenters. The zero-order valence-corrected chi connectivity index (χ0v) is 22.0. The average Bonchev–Trinajstić information content (AvgIpc) is 3.28. The Morgan fingerprint density at radius 2 is 1.89 bits per heavy atom. The van der Waals surface area contributed by atoms with E-state index in [4.69, 9.17) is 5.26 Å². The first-order valence-corrected chi connectivity index (χ1v) is 13.5. The van der Waals surface area contributed by atoms with Crippen molar-refractivity contribution in [2.75, 3.05) is 27.2 Å². The summed E-state index contributed by atoms with van der Waals surface area (Å²) in [4.78, 5) is 35.7. The summed E-state index contributed by atoms with van der Waals surface area (Å²) in [5, 5.41) is 20.3. The van der Waals surface area contributed by atoms with Crippen LogP contribution >= 0.6 is 0 Å². The van der Waals surface area contributed by atoms with Crippen LogP contribution in [0.1, 0.15) is 32.1 Å². The first-order valence-electron chi connectivity index (χ1n) is 12.1. The highest BCUT2D eigenvalue weighted by molar-refractivity contribution is 7.89. The minimum Gasteiger partial charge on any atom is -0.342 e. The quantitative estimate of drug-likeness (QED) is 0.548. The first-order chi connectivity index (χ1) is 18.1. The molecule has 0 bridgehead atoms. The number of amides is 2. The van der Waals surface area contributed by atoms with Crippen LogP contribution < -0.4 is 5.43 Å². The number of aliphatic imine (C=N–C) groups is 2.